The number of benzene rings is 2. The first kappa shape index (κ1) is 19.3. The van der Waals surface area contributed by atoms with Crippen molar-refractivity contribution in [2.75, 3.05) is 21.3 Å². The van der Waals surface area contributed by atoms with Crippen LogP contribution in [0.2, 0.25) is 0 Å². The molecule has 0 fully saturated rings. The summed E-state index contributed by atoms with van der Waals surface area (Å²) in [5.41, 5.74) is 2.34. The molecule has 0 spiro atoms. The largest absolute Gasteiger partial charge is 0.493 e. The van der Waals surface area contributed by atoms with Gasteiger partial charge in [-0.15, -0.1) is 0 Å². The molecular formula is C20H22FNO4. The number of methoxy groups -OCH3 is 3. The van der Waals surface area contributed by atoms with Gasteiger partial charge in [-0.25, -0.2) is 4.39 Å². The van der Waals surface area contributed by atoms with Crippen molar-refractivity contribution in [3.8, 4) is 17.2 Å². The van der Waals surface area contributed by atoms with Crippen LogP contribution in [0.4, 0.5) is 4.39 Å². The molecule has 0 bridgehead atoms. The number of allylic oxidation sites excluding steroid dienone is 1. The summed E-state index contributed by atoms with van der Waals surface area (Å²) >= 11 is 0. The summed E-state index contributed by atoms with van der Waals surface area (Å²) in [5.74, 6) is 0.981. The highest BCUT2D eigenvalue weighted by Crippen LogP contribution is 2.38. The second-order valence-electron chi connectivity index (χ2n) is 5.59. The highest BCUT2D eigenvalue weighted by Gasteiger charge is 2.13. The van der Waals surface area contributed by atoms with Gasteiger partial charge in [0, 0.05) is 12.6 Å². The lowest BCUT2D eigenvalue weighted by molar-refractivity contribution is -0.116. The van der Waals surface area contributed by atoms with Crippen LogP contribution in [-0.2, 0) is 11.3 Å². The van der Waals surface area contributed by atoms with Crippen LogP contribution in [0.15, 0.2) is 42.5 Å². The van der Waals surface area contributed by atoms with Crippen molar-refractivity contribution in [3.63, 3.8) is 0 Å². The second kappa shape index (κ2) is 8.89. The van der Waals surface area contributed by atoms with Crippen molar-refractivity contribution >= 4 is 11.5 Å². The van der Waals surface area contributed by atoms with Crippen LogP contribution in [-0.4, -0.2) is 27.2 Å². The molecule has 0 radical (unpaired) electrons. The van der Waals surface area contributed by atoms with Crippen molar-refractivity contribution in [1.29, 1.82) is 0 Å². The van der Waals surface area contributed by atoms with Gasteiger partial charge in [0.2, 0.25) is 11.7 Å². The lowest BCUT2D eigenvalue weighted by Gasteiger charge is -2.14. The van der Waals surface area contributed by atoms with E-state index in [0.717, 1.165) is 16.7 Å². The Balaban J connectivity index is 2.09. The van der Waals surface area contributed by atoms with Crippen molar-refractivity contribution in [2.24, 2.45) is 0 Å². The topological polar surface area (TPSA) is 56.8 Å². The van der Waals surface area contributed by atoms with Crippen molar-refractivity contribution in [3.05, 3.63) is 59.4 Å². The maximum atomic E-state index is 13.0. The Hall–Kier alpha value is -3.02. The summed E-state index contributed by atoms with van der Waals surface area (Å²) in [7, 11) is 4.60. The summed E-state index contributed by atoms with van der Waals surface area (Å²) in [6.07, 6.45) is 1.48. The minimum Gasteiger partial charge on any atom is -0.493 e. The van der Waals surface area contributed by atoms with Gasteiger partial charge in [0.1, 0.15) is 5.82 Å². The smallest absolute Gasteiger partial charge is 0.244 e. The van der Waals surface area contributed by atoms with E-state index >= 15 is 0 Å². The van der Waals surface area contributed by atoms with Crippen LogP contribution in [0.25, 0.3) is 5.57 Å². The zero-order chi connectivity index (χ0) is 19.1. The van der Waals surface area contributed by atoms with Gasteiger partial charge in [0.05, 0.1) is 21.3 Å². The predicted octanol–water partition coefficient (Wildman–Crippen LogP) is 3.57. The molecule has 0 aliphatic rings. The molecule has 1 N–H and O–H groups in total. The number of carbonyl (C=O) groups is 1. The minimum absolute atomic E-state index is 0.249. The summed E-state index contributed by atoms with van der Waals surface area (Å²) < 4.78 is 28.8. The number of carbonyl (C=O) groups excluding carboxylic acids is 1. The molecule has 138 valence electrons. The fraction of sp³-hybridized carbons (Fsp3) is 0.250. The van der Waals surface area contributed by atoms with Crippen LogP contribution in [0.5, 0.6) is 17.2 Å². The van der Waals surface area contributed by atoms with Gasteiger partial charge in [-0.2, -0.15) is 0 Å². The van der Waals surface area contributed by atoms with E-state index in [1.54, 1.807) is 31.2 Å². The standard InChI is InChI=1S/C20H22FNO4/c1-13(15-5-7-16(21)8-6-15)9-19(23)22-12-14-10-17(24-2)20(26-4)18(11-14)25-3/h5-11H,12H2,1-4H3,(H,22,23)/b13-9+. The Kier molecular flexibility index (Phi) is 6.60. The number of hydrogen-bond acceptors (Lipinski definition) is 4. The highest BCUT2D eigenvalue weighted by molar-refractivity contribution is 5.94. The molecule has 0 atom stereocenters. The van der Waals surface area contributed by atoms with E-state index in [-0.39, 0.29) is 11.7 Å². The van der Waals surface area contributed by atoms with E-state index in [1.165, 1.54) is 39.5 Å². The molecular weight excluding hydrogens is 337 g/mol. The van der Waals surface area contributed by atoms with Gasteiger partial charge in [-0.05, 0) is 47.9 Å². The van der Waals surface area contributed by atoms with Crippen LogP contribution in [0.3, 0.4) is 0 Å². The van der Waals surface area contributed by atoms with Crippen molar-refractivity contribution < 1.29 is 23.4 Å². The Morgan fingerprint density at radius 3 is 2.12 bits per heavy atom. The van der Waals surface area contributed by atoms with Gasteiger partial charge in [-0.1, -0.05) is 12.1 Å². The molecule has 0 aromatic heterocycles. The van der Waals surface area contributed by atoms with Gasteiger partial charge in [-0.3, -0.25) is 4.79 Å². The molecule has 5 nitrogen and oxygen atoms in total. The fourth-order valence-electron chi connectivity index (χ4n) is 2.47. The van der Waals surface area contributed by atoms with E-state index in [4.69, 9.17) is 14.2 Å². The van der Waals surface area contributed by atoms with Gasteiger partial charge < -0.3 is 19.5 Å². The first-order valence-electron chi connectivity index (χ1n) is 7.99. The van der Waals surface area contributed by atoms with E-state index in [0.29, 0.717) is 23.8 Å². The number of halogens is 1. The molecule has 0 unspecified atom stereocenters. The molecule has 0 aliphatic heterocycles. The van der Waals surface area contributed by atoms with Crippen LogP contribution in [0, 0.1) is 5.82 Å². The summed E-state index contributed by atoms with van der Waals surface area (Å²) in [6, 6.07) is 9.54. The highest BCUT2D eigenvalue weighted by atomic mass is 19.1. The van der Waals surface area contributed by atoms with Gasteiger partial charge in [0.15, 0.2) is 11.5 Å². The third kappa shape index (κ3) is 4.75. The molecule has 6 heteroatoms. The molecule has 1 amide bonds. The fourth-order valence-corrected chi connectivity index (χ4v) is 2.47. The Morgan fingerprint density at radius 1 is 1.04 bits per heavy atom. The number of hydrogen-bond donors (Lipinski definition) is 1. The first-order valence-corrected chi connectivity index (χ1v) is 7.99. The average molecular weight is 359 g/mol. The number of ether oxygens (including phenoxy) is 3. The van der Waals surface area contributed by atoms with Crippen molar-refractivity contribution in [1.82, 2.24) is 5.32 Å². The Bertz CT molecular complexity index is 775. The maximum absolute atomic E-state index is 13.0. The molecule has 0 saturated heterocycles. The monoisotopic (exact) mass is 359 g/mol. The quantitative estimate of drug-likeness (QED) is 0.768. The van der Waals surface area contributed by atoms with E-state index in [2.05, 4.69) is 5.32 Å². The molecule has 2 aromatic carbocycles. The van der Waals surface area contributed by atoms with E-state index in [9.17, 15) is 9.18 Å². The van der Waals surface area contributed by atoms with Crippen LogP contribution < -0.4 is 19.5 Å². The Labute approximate surface area is 152 Å². The van der Waals surface area contributed by atoms with Crippen LogP contribution >= 0.6 is 0 Å². The normalized spacial score (nSPS) is 11.0. The molecule has 0 saturated carbocycles. The third-order valence-electron chi connectivity index (χ3n) is 3.84. The Morgan fingerprint density at radius 2 is 1.62 bits per heavy atom. The molecule has 0 heterocycles. The minimum atomic E-state index is -0.312. The maximum Gasteiger partial charge on any atom is 0.244 e. The van der Waals surface area contributed by atoms with Crippen molar-refractivity contribution in [2.45, 2.75) is 13.5 Å². The summed E-state index contributed by atoms with van der Waals surface area (Å²) in [4.78, 5) is 12.2. The van der Waals surface area contributed by atoms with Gasteiger partial charge in [0.25, 0.3) is 0 Å². The van der Waals surface area contributed by atoms with Crippen LogP contribution in [0.1, 0.15) is 18.1 Å². The predicted molar refractivity (Wildman–Crippen MR) is 98.0 cm³/mol. The third-order valence-corrected chi connectivity index (χ3v) is 3.84. The molecule has 2 rings (SSSR count). The summed E-state index contributed by atoms with van der Waals surface area (Å²) in [5, 5.41) is 2.81. The zero-order valence-electron chi connectivity index (χ0n) is 15.3. The average Bonchev–Trinajstić information content (AvgIpc) is 2.65. The molecule has 0 aliphatic carbocycles. The first-order chi connectivity index (χ1) is 12.5. The zero-order valence-corrected chi connectivity index (χ0v) is 15.3. The number of rotatable bonds is 7. The number of nitrogens with one attached hydrogen (secondary N) is 1. The molecule has 2 aromatic rings. The van der Waals surface area contributed by atoms with E-state index < -0.39 is 0 Å². The van der Waals surface area contributed by atoms with E-state index in [1.807, 2.05) is 0 Å². The summed E-state index contributed by atoms with van der Waals surface area (Å²) in [6.45, 7) is 2.09. The molecule has 26 heavy (non-hydrogen) atoms. The SMILES string of the molecule is COc1cc(CNC(=O)/C=C(\C)c2ccc(F)cc2)cc(OC)c1OC. The lowest BCUT2D eigenvalue weighted by Crippen LogP contribution is -2.20. The van der Waals surface area contributed by atoms with Gasteiger partial charge >= 0.3 is 0 Å². The second-order valence-corrected chi connectivity index (χ2v) is 5.59. The number of amides is 1. The lowest BCUT2D eigenvalue weighted by atomic mass is 10.1.